The summed E-state index contributed by atoms with van der Waals surface area (Å²) < 4.78 is 56.6. The minimum absolute atomic E-state index is 0.0946. The molecule has 2 aromatic carbocycles. The van der Waals surface area contributed by atoms with Crippen LogP contribution < -0.4 is 4.31 Å². The molecule has 1 amide bonds. The number of sulfonamides is 1. The SMILES string of the molecule is CC(C)C(=O)N1CCCC(N(c2cc(F)ccc2F)S(=O)(=O)c2ccc(Cl)cc2)C1. The molecule has 162 valence electrons. The van der Waals surface area contributed by atoms with Crippen LogP contribution in [0.1, 0.15) is 26.7 Å². The Morgan fingerprint density at radius 3 is 2.47 bits per heavy atom. The Balaban J connectivity index is 2.09. The van der Waals surface area contributed by atoms with E-state index in [1.807, 2.05) is 0 Å². The van der Waals surface area contributed by atoms with Crippen LogP contribution in [0.5, 0.6) is 0 Å². The second-order valence-electron chi connectivity index (χ2n) is 7.59. The summed E-state index contributed by atoms with van der Waals surface area (Å²) >= 11 is 5.87. The first-order chi connectivity index (χ1) is 14.1. The van der Waals surface area contributed by atoms with Gasteiger partial charge in [0.05, 0.1) is 16.6 Å². The lowest BCUT2D eigenvalue weighted by Crippen LogP contribution is -2.52. The van der Waals surface area contributed by atoms with E-state index in [1.165, 1.54) is 24.3 Å². The highest BCUT2D eigenvalue weighted by Crippen LogP contribution is 2.33. The molecule has 1 unspecified atom stereocenters. The molecule has 1 heterocycles. The van der Waals surface area contributed by atoms with Crippen molar-refractivity contribution in [1.82, 2.24) is 4.90 Å². The molecule has 1 aliphatic rings. The molecule has 30 heavy (non-hydrogen) atoms. The number of carbonyl (C=O) groups is 1. The number of hydrogen-bond acceptors (Lipinski definition) is 3. The van der Waals surface area contributed by atoms with Gasteiger partial charge in [-0.1, -0.05) is 25.4 Å². The number of likely N-dealkylation sites (tertiary alicyclic amines) is 1. The molecule has 0 saturated carbocycles. The van der Waals surface area contributed by atoms with Gasteiger partial charge in [0.25, 0.3) is 10.0 Å². The standard InChI is InChI=1S/C21H23ClF2N2O3S/c1-14(2)21(27)25-11-3-4-17(13-25)26(20-12-16(23)7-10-19(20)24)30(28,29)18-8-5-15(22)6-9-18/h5-10,12,14,17H,3-4,11,13H2,1-2H3. The van der Waals surface area contributed by atoms with Crippen molar-refractivity contribution in [3.05, 3.63) is 59.1 Å². The van der Waals surface area contributed by atoms with Crippen molar-refractivity contribution in [3.63, 3.8) is 0 Å². The molecule has 1 atom stereocenters. The summed E-state index contributed by atoms with van der Waals surface area (Å²) in [5.41, 5.74) is -0.381. The Bertz CT molecular complexity index is 1030. The smallest absolute Gasteiger partial charge is 0.264 e. The summed E-state index contributed by atoms with van der Waals surface area (Å²) in [6, 6.07) is 7.44. The Hall–Kier alpha value is -2.19. The van der Waals surface area contributed by atoms with Crippen molar-refractivity contribution in [2.24, 2.45) is 5.92 Å². The Labute approximate surface area is 180 Å². The van der Waals surface area contributed by atoms with Gasteiger partial charge in [0.2, 0.25) is 5.91 Å². The van der Waals surface area contributed by atoms with Crippen LogP contribution in [0.4, 0.5) is 14.5 Å². The Kier molecular flexibility index (Phi) is 6.67. The highest BCUT2D eigenvalue weighted by molar-refractivity contribution is 7.92. The van der Waals surface area contributed by atoms with E-state index in [9.17, 15) is 22.0 Å². The van der Waals surface area contributed by atoms with E-state index in [0.29, 0.717) is 24.4 Å². The Morgan fingerprint density at radius 1 is 1.17 bits per heavy atom. The molecule has 0 aliphatic carbocycles. The first-order valence-electron chi connectivity index (χ1n) is 9.65. The van der Waals surface area contributed by atoms with Crippen molar-refractivity contribution in [3.8, 4) is 0 Å². The van der Waals surface area contributed by atoms with Crippen LogP contribution in [0.25, 0.3) is 0 Å². The van der Waals surface area contributed by atoms with Crippen molar-refractivity contribution in [1.29, 1.82) is 0 Å². The van der Waals surface area contributed by atoms with Gasteiger partial charge >= 0.3 is 0 Å². The van der Waals surface area contributed by atoms with Crippen LogP contribution in [-0.2, 0) is 14.8 Å². The van der Waals surface area contributed by atoms with Crippen molar-refractivity contribution >= 4 is 33.2 Å². The van der Waals surface area contributed by atoms with Crippen molar-refractivity contribution in [2.75, 3.05) is 17.4 Å². The van der Waals surface area contributed by atoms with Crippen molar-refractivity contribution in [2.45, 2.75) is 37.6 Å². The number of anilines is 1. The lowest BCUT2D eigenvalue weighted by atomic mass is 10.0. The summed E-state index contributed by atoms with van der Waals surface area (Å²) in [5, 5.41) is 0.351. The maximum atomic E-state index is 14.7. The first kappa shape index (κ1) is 22.5. The van der Waals surface area contributed by atoms with E-state index in [4.69, 9.17) is 11.6 Å². The average Bonchev–Trinajstić information content (AvgIpc) is 2.70. The van der Waals surface area contributed by atoms with Gasteiger partial charge in [-0.05, 0) is 49.2 Å². The second-order valence-corrected chi connectivity index (χ2v) is 9.84. The number of amides is 1. The van der Waals surface area contributed by atoms with Gasteiger partial charge in [0, 0.05) is 30.1 Å². The number of carbonyl (C=O) groups excluding carboxylic acids is 1. The zero-order valence-corrected chi connectivity index (χ0v) is 18.3. The number of hydrogen-bond donors (Lipinski definition) is 0. The highest BCUT2D eigenvalue weighted by atomic mass is 35.5. The van der Waals surface area contributed by atoms with Crippen LogP contribution in [0.15, 0.2) is 47.4 Å². The third kappa shape index (κ3) is 4.59. The fraction of sp³-hybridized carbons (Fsp3) is 0.381. The van der Waals surface area contributed by atoms with E-state index in [1.54, 1.807) is 18.7 Å². The van der Waals surface area contributed by atoms with E-state index in [0.717, 1.165) is 22.5 Å². The lowest BCUT2D eigenvalue weighted by Gasteiger charge is -2.40. The number of rotatable bonds is 5. The van der Waals surface area contributed by atoms with E-state index in [-0.39, 0.29) is 29.0 Å². The summed E-state index contributed by atoms with van der Waals surface area (Å²) in [4.78, 5) is 14.0. The number of piperidine rings is 1. The van der Waals surface area contributed by atoms with Crippen LogP contribution in [0.2, 0.25) is 5.02 Å². The molecule has 5 nitrogen and oxygen atoms in total. The minimum atomic E-state index is -4.25. The number of benzene rings is 2. The Morgan fingerprint density at radius 2 is 1.83 bits per heavy atom. The molecule has 0 N–H and O–H groups in total. The van der Waals surface area contributed by atoms with Crippen LogP contribution >= 0.6 is 11.6 Å². The monoisotopic (exact) mass is 456 g/mol. The molecule has 1 fully saturated rings. The molecule has 0 spiro atoms. The quantitative estimate of drug-likeness (QED) is 0.667. The first-order valence-corrected chi connectivity index (χ1v) is 11.5. The number of halogens is 3. The summed E-state index contributed by atoms with van der Waals surface area (Å²) in [5.74, 6) is -1.98. The summed E-state index contributed by atoms with van der Waals surface area (Å²) in [6.07, 6.45) is 0.956. The van der Waals surface area contributed by atoms with Gasteiger partial charge in [-0.2, -0.15) is 0 Å². The molecule has 9 heteroatoms. The second kappa shape index (κ2) is 8.89. The molecule has 2 aromatic rings. The fourth-order valence-electron chi connectivity index (χ4n) is 3.61. The molecular weight excluding hydrogens is 434 g/mol. The lowest BCUT2D eigenvalue weighted by molar-refractivity contribution is -0.135. The molecule has 0 bridgehead atoms. The molecular formula is C21H23ClF2N2O3S. The largest absolute Gasteiger partial charge is 0.340 e. The molecule has 1 saturated heterocycles. The van der Waals surface area contributed by atoms with E-state index in [2.05, 4.69) is 0 Å². The van der Waals surface area contributed by atoms with Gasteiger partial charge in [0.1, 0.15) is 11.6 Å². The normalized spacial score (nSPS) is 17.3. The average molecular weight is 457 g/mol. The fourth-order valence-corrected chi connectivity index (χ4v) is 5.41. The van der Waals surface area contributed by atoms with Crippen molar-refractivity contribution < 1.29 is 22.0 Å². The van der Waals surface area contributed by atoms with Gasteiger partial charge in [-0.15, -0.1) is 0 Å². The maximum Gasteiger partial charge on any atom is 0.264 e. The molecule has 0 aromatic heterocycles. The summed E-state index contributed by atoms with van der Waals surface area (Å²) in [6.45, 7) is 4.12. The van der Waals surface area contributed by atoms with Crippen LogP contribution in [0, 0.1) is 17.6 Å². The predicted molar refractivity (Wildman–Crippen MR) is 112 cm³/mol. The molecule has 1 aliphatic heterocycles. The van der Waals surface area contributed by atoms with E-state index >= 15 is 0 Å². The van der Waals surface area contributed by atoms with Gasteiger partial charge in [-0.3, -0.25) is 9.10 Å². The topological polar surface area (TPSA) is 57.7 Å². The molecule has 3 rings (SSSR count). The van der Waals surface area contributed by atoms with E-state index < -0.39 is 27.7 Å². The third-order valence-corrected chi connectivity index (χ3v) is 7.18. The zero-order chi connectivity index (χ0) is 22.1. The minimum Gasteiger partial charge on any atom is -0.340 e. The number of nitrogens with zero attached hydrogens (tertiary/aromatic N) is 2. The highest BCUT2D eigenvalue weighted by Gasteiger charge is 2.37. The zero-order valence-electron chi connectivity index (χ0n) is 16.7. The summed E-state index contributed by atoms with van der Waals surface area (Å²) in [7, 11) is -4.25. The maximum absolute atomic E-state index is 14.7. The van der Waals surface area contributed by atoms with Gasteiger partial charge in [0.15, 0.2) is 0 Å². The van der Waals surface area contributed by atoms with Gasteiger partial charge < -0.3 is 4.90 Å². The van der Waals surface area contributed by atoms with Crippen LogP contribution in [0.3, 0.4) is 0 Å². The predicted octanol–water partition coefficient (Wildman–Crippen LogP) is 4.46. The van der Waals surface area contributed by atoms with Gasteiger partial charge in [-0.25, -0.2) is 17.2 Å². The molecule has 0 radical (unpaired) electrons. The van der Waals surface area contributed by atoms with Crippen LogP contribution in [-0.4, -0.2) is 38.4 Å². The third-order valence-electron chi connectivity index (χ3n) is 5.05.